The van der Waals surface area contributed by atoms with Gasteiger partial charge in [-0.15, -0.1) is 0 Å². The van der Waals surface area contributed by atoms with Crippen molar-refractivity contribution in [2.24, 2.45) is 5.92 Å². The number of carbonyl (C=O) groups excluding carboxylic acids is 1. The maximum Gasteiger partial charge on any atom is 0.257 e. The van der Waals surface area contributed by atoms with Crippen molar-refractivity contribution >= 4 is 5.91 Å². The molecule has 0 spiro atoms. The van der Waals surface area contributed by atoms with Crippen molar-refractivity contribution in [3.8, 4) is 0 Å². The van der Waals surface area contributed by atoms with Crippen molar-refractivity contribution in [1.29, 1.82) is 0 Å². The highest BCUT2D eigenvalue weighted by molar-refractivity contribution is 5.95. The summed E-state index contributed by atoms with van der Waals surface area (Å²) in [5, 5.41) is 13.7. The van der Waals surface area contributed by atoms with Gasteiger partial charge in [0.15, 0.2) is 0 Å². The van der Waals surface area contributed by atoms with Crippen LogP contribution in [0.15, 0.2) is 36.5 Å². The number of aromatic nitrogens is 2. The van der Waals surface area contributed by atoms with Gasteiger partial charge >= 0.3 is 0 Å². The van der Waals surface area contributed by atoms with Gasteiger partial charge < -0.3 is 10.0 Å². The maximum absolute atomic E-state index is 12.9. The van der Waals surface area contributed by atoms with Crippen LogP contribution < -0.4 is 0 Å². The van der Waals surface area contributed by atoms with Gasteiger partial charge in [0, 0.05) is 19.7 Å². The molecule has 1 saturated heterocycles. The summed E-state index contributed by atoms with van der Waals surface area (Å²) in [7, 11) is 0. The molecule has 5 nitrogen and oxygen atoms in total. The SMILES string of the molecule is CCc1c(C(=O)N2CCC(CO)CC2)cnn1Cc1ccccc1. The third-order valence-corrected chi connectivity index (χ3v) is 4.85. The molecule has 2 heterocycles. The van der Waals surface area contributed by atoms with Crippen LogP contribution in [0.5, 0.6) is 0 Å². The van der Waals surface area contributed by atoms with Crippen LogP contribution in [0.1, 0.15) is 41.4 Å². The highest BCUT2D eigenvalue weighted by atomic mass is 16.3. The standard InChI is InChI=1S/C19H25N3O2/c1-2-18-17(19(24)21-10-8-16(14-23)9-11-21)12-20-22(18)13-15-6-4-3-5-7-15/h3-7,12,16,23H,2,8-11,13-14H2,1H3. The number of hydrogen-bond acceptors (Lipinski definition) is 3. The molecule has 0 aliphatic carbocycles. The molecule has 24 heavy (non-hydrogen) atoms. The van der Waals surface area contributed by atoms with Gasteiger partial charge in [-0.2, -0.15) is 5.10 Å². The van der Waals surface area contributed by atoms with Crippen LogP contribution in [0.4, 0.5) is 0 Å². The average Bonchev–Trinajstić information content (AvgIpc) is 3.04. The predicted molar refractivity (Wildman–Crippen MR) is 92.9 cm³/mol. The number of benzene rings is 1. The molecule has 0 saturated carbocycles. The smallest absolute Gasteiger partial charge is 0.257 e. The van der Waals surface area contributed by atoms with Crippen LogP contribution >= 0.6 is 0 Å². The molecular formula is C19H25N3O2. The molecule has 0 unspecified atom stereocenters. The lowest BCUT2D eigenvalue weighted by molar-refractivity contribution is 0.0649. The van der Waals surface area contributed by atoms with E-state index in [1.165, 1.54) is 5.56 Å². The van der Waals surface area contributed by atoms with Gasteiger partial charge in [-0.1, -0.05) is 37.3 Å². The number of carbonyl (C=O) groups is 1. The normalized spacial score (nSPS) is 15.7. The van der Waals surface area contributed by atoms with Crippen LogP contribution in [0.3, 0.4) is 0 Å². The molecule has 128 valence electrons. The molecule has 3 rings (SSSR count). The second-order valence-electron chi connectivity index (χ2n) is 6.42. The summed E-state index contributed by atoms with van der Waals surface area (Å²) in [5.41, 5.74) is 2.89. The van der Waals surface area contributed by atoms with Crippen LogP contribution in [0, 0.1) is 5.92 Å². The highest BCUT2D eigenvalue weighted by Gasteiger charge is 2.26. The Bertz CT molecular complexity index is 673. The Kier molecular flexibility index (Phi) is 5.30. The molecule has 1 aliphatic rings. The molecule has 5 heteroatoms. The van der Waals surface area contributed by atoms with Gasteiger partial charge in [0.1, 0.15) is 0 Å². The first-order chi connectivity index (χ1) is 11.7. The topological polar surface area (TPSA) is 58.4 Å². The minimum atomic E-state index is 0.0718. The number of hydrogen-bond donors (Lipinski definition) is 1. The fourth-order valence-corrected chi connectivity index (χ4v) is 3.34. The number of likely N-dealkylation sites (tertiary alicyclic amines) is 1. The van der Waals surface area contributed by atoms with Crippen LogP contribution in [-0.2, 0) is 13.0 Å². The molecule has 1 fully saturated rings. The molecular weight excluding hydrogens is 302 g/mol. The van der Waals surface area contributed by atoms with E-state index in [4.69, 9.17) is 0 Å². The Balaban J connectivity index is 1.75. The fraction of sp³-hybridized carbons (Fsp3) is 0.474. The molecule has 1 aromatic carbocycles. The first kappa shape index (κ1) is 16.7. The van der Waals surface area contributed by atoms with Gasteiger partial charge in [0.25, 0.3) is 5.91 Å². The first-order valence-corrected chi connectivity index (χ1v) is 8.71. The summed E-state index contributed by atoms with van der Waals surface area (Å²) >= 11 is 0. The summed E-state index contributed by atoms with van der Waals surface area (Å²) in [6.45, 7) is 4.41. The molecule has 1 amide bonds. The average molecular weight is 327 g/mol. The summed E-state index contributed by atoms with van der Waals surface area (Å²) in [4.78, 5) is 14.7. The summed E-state index contributed by atoms with van der Waals surface area (Å²) in [6, 6.07) is 10.2. The van der Waals surface area contributed by atoms with E-state index in [2.05, 4.69) is 24.2 Å². The zero-order valence-corrected chi connectivity index (χ0v) is 14.2. The Morgan fingerprint density at radius 2 is 1.96 bits per heavy atom. The van der Waals surface area contributed by atoms with Gasteiger partial charge in [0.05, 0.1) is 24.0 Å². The van der Waals surface area contributed by atoms with E-state index in [-0.39, 0.29) is 12.5 Å². The Morgan fingerprint density at radius 1 is 1.25 bits per heavy atom. The largest absolute Gasteiger partial charge is 0.396 e. The molecule has 1 aromatic heterocycles. The molecule has 1 aliphatic heterocycles. The molecule has 0 radical (unpaired) electrons. The van der Waals surface area contributed by atoms with Crippen molar-refractivity contribution in [2.75, 3.05) is 19.7 Å². The zero-order valence-electron chi connectivity index (χ0n) is 14.2. The number of aliphatic hydroxyl groups excluding tert-OH is 1. The third-order valence-electron chi connectivity index (χ3n) is 4.85. The van der Waals surface area contributed by atoms with E-state index in [1.54, 1.807) is 6.20 Å². The minimum Gasteiger partial charge on any atom is -0.396 e. The molecule has 1 N–H and O–H groups in total. The lowest BCUT2D eigenvalue weighted by atomic mass is 9.97. The van der Waals surface area contributed by atoms with Crippen molar-refractivity contribution in [3.05, 3.63) is 53.3 Å². The number of aliphatic hydroxyl groups is 1. The maximum atomic E-state index is 12.9. The Morgan fingerprint density at radius 3 is 2.58 bits per heavy atom. The van der Waals surface area contributed by atoms with E-state index < -0.39 is 0 Å². The predicted octanol–water partition coefficient (Wildman–Crippen LogP) is 2.34. The lowest BCUT2D eigenvalue weighted by Gasteiger charge is -2.31. The summed E-state index contributed by atoms with van der Waals surface area (Å²) < 4.78 is 1.93. The number of nitrogens with zero attached hydrogens (tertiary/aromatic N) is 3. The van der Waals surface area contributed by atoms with E-state index in [0.29, 0.717) is 12.5 Å². The highest BCUT2D eigenvalue weighted by Crippen LogP contribution is 2.20. The van der Waals surface area contributed by atoms with Gasteiger partial charge in [-0.05, 0) is 30.7 Å². The second kappa shape index (κ2) is 7.62. The number of piperidine rings is 1. The van der Waals surface area contributed by atoms with Gasteiger partial charge in [-0.3, -0.25) is 9.48 Å². The lowest BCUT2D eigenvalue weighted by Crippen LogP contribution is -2.39. The fourth-order valence-electron chi connectivity index (χ4n) is 3.34. The molecule has 0 atom stereocenters. The van der Waals surface area contributed by atoms with Crippen molar-refractivity contribution in [2.45, 2.75) is 32.7 Å². The minimum absolute atomic E-state index is 0.0718. The first-order valence-electron chi connectivity index (χ1n) is 8.71. The Hall–Kier alpha value is -2.14. The summed E-state index contributed by atoms with van der Waals surface area (Å²) in [6.07, 6.45) is 4.24. The zero-order chi connectivity index (χ0) is 16.9. The van der Waals surface area contributed by atoms with Crippen molar-refractivity contribution in [1.82, 2.24) is 14.7 Å². The van der Waals surface area contributed by atoms with E-state index in [9.17, 15) is 9.90 Å². The van der Waals surface area contributed by atoms with Crippen LogP contribution in [-0.4, -0.2) is 45.4 Å². The quantitative estimate of drug-likeness (QED) is 0.917. The van der Waals surface area contributed by atoms with E-state index >= 15 is 0 Å². The second-order valence-corrected chi connectivity index (χ2v) is 6.42. The van der Waals surface area contributed by atoms with Crippen molar-refractivity contribution < 1.29 is 9.90 Å². The van der Waals surface area contributed by atoms with Gasteiger partial charge in [0.2, 0.25) is 0 Å². The Labute approximate surface area is 142 Å². The monoisotopic (exact) mass is 327 g/mol. The van der Waals surface area contributed by atoms with Gasteiger partial charge in [-0.25, -0.2) is 0 Å². The summed E-state index contributed by atoms with van der Waals surface area (Å²) in [5.74, 6) is 0.406. The third kappa shape index (κ3) is 3.51. The van der Waals surface area contributed by atoms with E-state index in [1.807, 2.05) is 27.8 Å². The molecule has 2 aromatic rings. The van der Waals surface area contributed by atoms with Crippen molar-refractivity contribution in [3.63, 3.8) is 0 Å². The number of amides is 1. The molecule has 0 bridgehead atoms. The van der Waals surface area contributed by atoms with Crippen LogP contribution in [0.2, 0.25) is 0 Å². The van der Waals surface area contributed by atoms with Crippen LogP contribution in [0.25, 0.3) is 0 Å². The number of rotatable bonds is 5. The van der Waals surface area contributed by atoms with E-state index in [0.717, 1.165) is 43.6 Å².